The summed E-state index contributed by atoms with van der Waals surface area (Å²) >= 11 is 0. The molecule has 0 spiro atoms. The lowest BCUT2D eigenvalue weighted by Gasteiger charge is -2.28. The van der Waals surface area contributed by atoms with E-state index in [0.717, 1.165) is 32.0 Å². The lowest BCUT2D eigenvalue weighted by Crippen LogP contribution is -2.39. The van der Waals surface area contributed by atoms with Gasteiger partial charge in [0.1, 0.15) is 0 Å². The van der Waals surface area contributed by atoms with Gasteiger partial charge in [-0.15, -0.1) is 0 Å². The molecule has 3 nitrogen and oxygen atoms in total. The summed E-state index contributed by atoms with van der Waals surface area (Å²) in [5, 5.41) is 3.46. The molecule has 1 aliphatic carbocycles. The van der Waals surface area contributed by atoms with Gasteiger partial charge in [-0.1, -0.05) is 19.3 Å². The van der Waals surface area contributed by atoms with Crippen molar-refractivity contribution in [3.63, 3.8) is 0 Å². The molecule has 0 aromatic carbocycles. The molecule has 3 atom stereocenters. The van der Waals surface area contributed by atoms with Crippen molar-refractivity contribution in [3.8, 4) is 0 Å². The van der Waals surface area contributed by atoms with Crippen molar-refractivity contribution in [2.75, 3.05) is 19.6 Å². The van der Waals surface area contributed by atoms with E-state index in [9.17, 15) is 4.79 Å². The summed E-state index contributed by atoms with van der Waals surface area (Å²) in [6.45, 7) is 5.47. The largest absolute Gasteiger partial charge is 0.339 e. The van der Waals surface area contributed by atoms with E-state index >= 15 is 0 Å². The smallest absolute Gasteiger partial charge is 0.223 e. The predicted molar refractivity (Wildman–Crippen MR) is 72.2 cm³/mol. The van der Waals surface area contributed by atoms with Crippen LogP contribution in [0.1, 0.15) is 45.4 Å². The highest BCUT2D eigenvalue weighted by Gasteiger charge is 2.43. The summed E-state index contributed by atoms with van der Waals surface area (Å²) in [6, 6.07) is 0.459. The van der Waals surface area contributed by atoms with Gasteiger partial charge in [-0.2, -0.15) is 0 Å². The van der Waals surface area contributed by atoms with Crippen molar-refractivity contribution in [1.29, 1.82) is 0 Å². The van der Waals surface area contributed by atoms with E-state index in [2.05, 4.69) is 17.1 Å². The molecule has 3 heteroatoms. The number of carbonyl (C=O) groups excluding carboxylic acids is 1. The van der Waals surface area contributed by atoms with Gasteiger partial charge >= 0.3 is 0 Å². The van der Waals surface area contributed by atoms with Crippen LogP contribution in [-0.4, -0.2) is 36.5 Å². The normalized spacial score (nSPS) is 36.9. The third-order valence-electron chi connectivity index (χ3n) is 5.44. The van der Waals surface area contributed by atoms with E-state index in [4.69, 9.17) is 0 Å². The number of nitrogens with zero attached hydrogens (tertiary/aromatic N) is 1. The summed E-state index contributed by atoms with van der Waals surface area (Å²) in [7, 11) is 0. The second-order valence-corrected chi connectivity index (χ2v) is 6.58. The van der Waals surface area contributed by atoms with Gasteiger partial charge in [0.05, 0.1) is 0 Å². The molecule has 2 heterocycles. The molecule has 0 radical (unpaired) electrons. The van der Waals surface area contributed by atoms with Crippen molar-refractivity contribution in [2.45, 2.75) is 51.5 Å². The van der Waals surface area contributed by atoms with Gasteiger partial charge in [0.2, 0.25) is 5.91 Å². The molecule has 3 fully saturated rings. The highest BCUT2D eigenvalue weighted by molar-refractivity contribution is 5.77. The zero-order valence-electron chi connectivity index (χ0n) is 11.5. The van der Waals surface area contributed by atoms with Gasteiger partial charge in [-0.3, -0.25) is 4.79 Å². The van der Waals surface area contributed by atoms with Crippen molar-refractivity contribution in [2.24, 2.45) is 17.8 Å². The summed E-state index contributed by atoms with van der Waals surface area (Å²) < 4.78 is 0. The Morgan fingerprint density at radius 1 is 1.22 bits per heavy atom. The van der Waals surface area contributed by atoms with Crippen LogP contribution in [0.4, 0.5) is 0 Å². The number of likely N-dealkylation sites (tertiary alicyclic amines) is 1. The molecule has 3 aliphatic rings. The third kappa shape index (κ3) is 2.29. The zero-order valence-corrected chi connectivity index (χ0v) is 11.5. The van der Waals surface area contributed by atoms with Crippen LogP contribution < -0.4 is 5.32 Å². The fourth-order valence-corrected chi connectivity index (χ4v) is 4.25. The van der Waals surface area contributed by atoms with Crippen LogP contribution in [0.3, 0.4) is 0 Å². The third-order valence-corrected chi connectivity index (χ3v) is 5.44. The van der Waals surface area contributed by atoms with Gasteiger partial charge in [0.15, 0.2) is 0 Å². The fraction of sp³-hybridized carbons (Fsp3) is 0.933. The molecular weight excluding hydrogens is 224 g/mol. The highest BCUT2D eigenvalue weighted by atomic mass is 16.2. The Morgan fingerprint density at radius 3 is 2.72 bits per heavy atom. The molecule has 3 rings (SSSR count). The van der Waals surface area contributed by atoms with E-state index < -0.39 is 0 Å². The van der Waals surface area contributed by atoms with Crippen LogP contribution in [0, 0.1) is 17.8 Å². The quantitative estimate of drug-likeness (QED) is 0.813. The molecule has 18 heavy (non-hydrogen) atoms. The van der Waals surface area contributed by atoms with Crippen molar-refractivity contribution >= 4 is 5.91 Å². The van der Waals surface area contributed by atoms with Crippen LogP contribution in [0.15, 0.2) is 0 Å². The van der Waals surface area contributed by atoms with Gasteiger partial charge in [-0.05, 0) is 37.5 Å². The summed E-state index contributed by atoms with van der Waals surface area (Å²) in [4.78, 5) is 14.6. The Kier molecular flexibility index (Phi) is 3.60. The number of hydrogen-bond acceptors (Lipinski definition) is 2. The monoisotopic (exact) mass is 250 g/mol. The molecule has 0 aromatic heterocycles. The summed E-state index contributed by atoms with van der Waals surface area (Å²) in [5.74, 6) is 2.54. The second kappa shape index (κ2) is 5.20. The van der Waals surface area contributed by atoms with Crippen LogP contribution in [-0.2, 0) is 4.79 Å². The van der Waals surface area contributed by atoms with Crippen LogP contribution in [0.2, 0.25) is 0 Å². The van der Waals surface area contributed by atoms with Crippen molar-refractivity contribution in [3.05, 3.63) is 0 Å². The Bertz CT molecular complexity index is 312. The van der Waals surface area contributed by atoms with Crippen LogP contribution in [0.25, 0.3) is 0 Å². The van der Waals surface area contributed by atoms with Crippen molar-refractivity contribution in [1.82, 2.24) is 10.2 Å². The first kappa shape index (κ1) is 12.5. The minimum absolute atomic E-state index is 0.434. The molecule has 1 amide bonds. The topological polar surface area (TPSA) is 32.3 Å². The molecule has 102 valence electrons. The average molecular weight is 250 g/mol. The highest BCUT2D eigenvalue weighted by Crippen LogP contribution is 2.34. The lowest BCUT2D eigenvalue weighted by atomic mass is 9.86. The average Bonchev–Trinajstić information content (AvgIpc) is 2.94. The molecule has 0 bridgehead atoms. The Balaban J connectivity index is 1.56. The molecule has 3 unspecified atom stereocenters. The number of hydrogen-bond donors (Lipinski definition) is 1. The minimum atomic E-state index is 0.434. The van der Waals surface area contributed by atoms with E-state index in [1.165, 1.54) is 32.1 Å². The number of rotatable bonds is 2. The lowest BCUT2D eigenvalue weighted by molar-refractivity contribution is -0.133. The number of carbonyl (C=O) groups is 1. The van der Waals surface area contributed by atoms with Gasteiger partial charge in [0, 0.05) is 32.1 Å². The van der Waals surface area contributed by atoms with E-state index in [-0.39, 0.29) is 0 Å². The second-order valence-electron chi connectivity index (χ2n) is 6.58. The van der Waals surface area contributed by atoms with E-state index in [1.54, 1.807) is 0 Å². The van der Waals surface area contributed by atoms with Crippen LogP contribution >= 0.6 is 0 Å². The standard InChI is InChI=1S/C15H26N2O/c1-11-14-9-16-8-13(14)10-17(11)15(18)7-12-5-3-2-4-6-12/h11-14,16H,2-10H2,1H3. The molecule has 0 aromatic rings. The first-order valence-electron chi connectivity index (χ1n) is 7.76. The molecule has 2 aliphatic heterocycles. The summed E-state index contributed by atoms with van der Waals surface area (Å²) in [6.07, 6.45) is 7.42. The zero-order chi connectivity index (χ0) is 12.5. The Hall–Kier alpha value is -0.570. The predicted octanol–water partition coefficient (Wildman–Crippen LogP) is 2.02. The fourth-order valence-electron chi connectivity index (χ4n) is 4.25. The maximum absolute atomic E-state index is 12.5. The van der Waals surface area contributed by atoms with E-state index in [1.807, 2.05) is 0 Å². The maximum Gasteiger partial charge on any atom is 0.223 e. The Labute approximate surface area is 110 Å². The maximum atomic E-state index is 12.5. The van der Waals surface area contributed by atoms with Gasteiger partial charge < -0.3 is 10.2 Å². The number of fused-ring (bicyclic) bond motifs is 1. The number of nitrogens with one attached hydrogen (secondary N) is 1. The molecule has 2 saturated heterocycles. The minimum Gasteiger partial charge on any atom is -0.339 e. The molecule has 1 saturated carbocycles. The van der Waals surface area contributed by atoms with Crippen LogP contribution in [0.5, 0.6) is 0 Å². The van der Waals surface area contributed by atoms with Crippen molar-refractivity contribution < 1.29 is 4.79 Å². The van der Waals surface area contributed by atoms with E-state index in [0.29, 0.717) is 23.8 Å². The van der Waals surface area contributed by atoms with Gasteiger partial charge in [-0.25, -0.2) is 0 Å². The Morgan fingerprint density at radius 2 is 2.00 bits per heavy atom. The van der Waals surface area contributed by atoms with Gasteiger partial charge in [0.25, 0.3) is 0 Å². The SMILES string of the molecule is CC1C2CNCC2CN1C(=O)CC1CCCCC1. The first-order chi connectivity index (χ1) is 8.75. The molecular formula is C15H26N2O. The molecule has 1 N–H and O–H groups in total. The first-order valence-corrected chi connectivity index (χ1v) is 7.76. The number of amides is 1. The summed E-state index contributed by atoms with van der Waals surface area (Å²) in [5.41, 5.74) is 0.